The predicted molar refractivity (Wildman–Crippen MR) is 84.3 cm³/mol. The molecule has 0 fully saturated rings. The van der Waals surface area contributed by atoms with Crippen LogP contribution in [0.5, 0.6) is 0 Å². The van der Waals surface area contributed by atoms with E-state index < -0.39 is 5.60 Å². The highest BCUT2D eigenvalue weighted by atomic mass is 35.5. The van der Waals surface area contributed by atoms with E-state index in [1.54, 1.807) is 11.0 Å². The van der Waals surface area contributed by atoms with Crippen molar-refractivity contribution in [1.29, 1.82) is 0 Å². The molecule has 0 saturated heterocycles. The van der Waals surface area contributed by atoms with Crippen LogP contribution in [0.1, 0.15) is 38.2 Å². The summed E-state index contributed by atoms with van der Waals surface area (Å²) in [6.07, 6.45) is 7.53. The maximum atomic E-state index is 10.9. The normalized spacial score (nSPS) is 14.0. The lowest BCUT2D eigenvalue weighted by Gasteiger charge is -2.28. The van der Waals surface area contributed by atoms with Crippen molar-refractivity contribution < 1.29 is 5.11 Å². The summed E-state index contributed by atoms with van der Waals surface area (Å²) in [5.41, 5.74) is 0.441. The van der Waals surface area contributed by atoms with Crippen molar-refractivity contribution in [3.63, 3.8) is 0 Å². The van der Waals surface area contributed by atoms with Crippen molar-refractivity contribution in [3.8, 4) is 0 Å². The van der Waals surface area contributed by atoms with Crippen LogP contribution in [0.3, 0.4) is 0 Å². The van der Waals surface area contributed by atoms with Gasteiger partial charge in [-0.05, 0) is 37.0 Å². The molecular formula is C16H22ClN3O. The number of hydrogen-bond acceptors (Lipinski definition) is 3. The number of nitrogens with zero attached hydrogens (tertiary/aromatic N) is 3. The fraction of sp³-hybridized carbons (Fsp3) is 0.500. The second kappa shape index (κ2) is 7.57. The molecule has 0 spiro atoms. The Bertz CT molecular complexity index is 527. The first-order chi connectivity index (χ1) is 10.1. The van der Waals surface area contributed by atoms with Gasteiger partial charge in [-0.1, -0.05) is 43.5 Å². The van der Waals surface area contributed by atoms with Gasteiger partial charge in [-0.15, -0.1) is 0 Å². The van der Waals surface area contributed by atoms with Crippen molar-refractivity contribution in [2.45, 2.75) is 51.2 Å². The van der Waals surface area contributed by atoms with Gasteiger partial charge < -0.3 is 5.11 Å². The molecule has 1 aromatic heterocycles. The lowest BCUT2D eigenvalue weighted by Crippen LogP contribution is -2.35. The van der Waals surface area contributed by atoms with E-state index in [1.165, 1.54) is 11.9 Å². The summed E-state index contributed by atoms with van der Waals surface area (Å²) in [6, 6.07) is 7.80. The minimum absolute atomic E-state index is 0.487. The molecular weight excluding hydrogens is 286 g/mol. The Labute approximate surface area is 130 Å². The van der Waals surface area contributed by atoms with E-state index in [0.29, 0.717) is 13.0 Å². The van der Waals surface area contributed by atoms with Crippen LogP contribution in [0.25, 0.3) is 0 Å². The zero-order valence-corrected chi connectivity index (χ0v) is 13.1. The van der Waals surface area contributed by atoms with Gasteiger partial charge in [0.15, 0.2) is 0 Å². The van der Waals surface area contributed by atoms with Gasteiger partial charge in [-0.25, -0.2) is 4.98 Å². The first-order valence-electron chi connectivity index (χ1n) is 7.40. The number of aromatic nitrogens is 3. The molecule has 21 heavy (non-hydrogen) atoms. The number of aliphatic hydroxyl groups is 1. The van der Waals surface area contributed by atoms with E-state index in [2.05, 4.69) is 17.0 Å². The van der Waals surface area contributed by atoms with Crippen molar-refractivity contribution in [2.24, 2.45) is 0 Å². The highest BCUT2D eigenvalue weighted by Crippen LogP contribution is 2.23. The summed E-state index contributed by atoms with van der Waals surface area (Å²) < 4.78 is 1.71. The smallest absolute Gasteiger partial charge is 0.137 e. The van der Waals surface area contributed by atoms with E-state index >= 15 is 0 Å². The largest absolute Gasteiger partial charge is 0.388 e. The maximum Gasteiger partial charge on any atom is 0.137 e. The second-order valence-electron chi connectivity index (χ2n) is 5.55. The summed E-state index contributed by atoms with van der Waals surface area (Å²) in [5.74, 6) is 0. The fourth-order valence-electron chi connectivity index (χ4n) is 2.43. The van der Waals surface area contributed by atoms with Gasteiger partial charge in [-0.2, -0.15) is 5.10 Å². The molecule has 1 aromatic carbocycles. The minimum atomic E-state index is -0.747. The average molecular weight is 308 g/mol. The average Bonchev–Trinajstić information content (AvgIpc) is 2.97. The number of hydrogen-bond donors (Lipinski definition) is 1. The zero-order chi connectivity index (χ0) is 15.1. The molecule has 1 heterocycles. The van der Waals surface area contributed by atoms with Crippen LogP contribution in [-0.2, 0) is 13.0 Å². The molecule has 5 heteroatoms. The monoisotopic (exact) mass is 307 g/mol. The fourth-order valence-corrected chi connectivity index (χ4v) is 2.56. The quantitative estimate of drug-likeness (QED) is 0.812. The molecule has 0 bridgehead atoms. The highest BCUT2D eigenvalue weighted by molar-refractivity contribution is 6.30. The summed E-state index contributed by atoms with van der Waals surface area (Å²) >= 11 is 5.90. The molecule has 0 aliphatic heterocycles. The molecule has 1 N–H and O–H groups in total. The number of aryl methyl sites for hydroxylation is 1. The number of halogens is 1. The van der Waals surface area contributed by atoms with E-state index in [-0.39, 0.29) is 0 Å². The minimum Gasteiger partial charge on any atom is -0.388 e. The molecule has 4 nitrogen and oxygen atoms in total. The first-order valence-corrected chi connectivity index (χ1v) is 7.78. The van der Waals surface area contributed by atoms with Gasteiger partial charge >= 0.3 is 0 Å². The molecule has 2 rings (SSSR count). The van der Waals surface area contributed by atoms with Gasteiger partial charge in [-0.3, -0.25) is 4.68 Å². The Morgan fingerprint density at radius 1 is 1.24 bits per heavy atom. The first kappa shape index (κ1) is 16.0. The molecule has 0 saturated carbocycles. The number of unbranched alkanes of at least 4 members (excludes halogenated alkanes) is 1. The molecule has 0 aliphatic rings. The van der Waals surface area contributed by atoms with Crippen LogP contribution in [0.4, 0.5) is 0 Å². The van der Waals surface area contributed by atoms with Gasteiger partial charge in [0, 0.05) is 5.02 Å². The van der Waals surface area contributed by atoms with Crippen LogP contribution >= 0.6 is 11.6 Å². The molecule has 1 unspecified atom stereocenters. The molecule has 0 amide bonds. The van der Waals surface area contributed by atoms with Crippen molar-refractivity contribution in [2.75, 3.05) is 0 Å². The van der Waals surface area contributed by atoms with E-state index in [9.17, 15) is 5.11 Å². The van der Waals surface area contributed by atoms with Crippen LogP contribution < -0.4 is 0 Å². The van der Waals surface area contributed by atoms with Crippen molar-refractivity contribution in [3.05, 3.63) is 47.5 Å². The van der Waals surface area contributed by atoms with E-state index in [0.717, 1.165) is 30.7 Å². The summed E-state index contributed by atoms with van der Waals surface area (Å²) in [6.45, 7) is 2.62. The second-order valence-corrected chi connectivity index (χ2v) is 5.98. The Kier molecular flexibility index (Phi) is 5.76. The molecule has 1 atom stereocenters. The Hall–Kier alpha value is -1.39. The Balaban J connectivity index is 1.99. The Morgan fingerprint density at radius 2 is 2.00 bits per heavy atom. The summed E-state index contributed by atoms with van der Waals surface area (Å²) in [7, 11) is 0. The predicted octanol–water partition coefficient (Wildman–Crippen LogP) is 3.49. The zero-order valence-electron chi connectivity index (χ0n) is 12.4. The van der Waals surface area contributed by atoms with Crippen molar-refractivity contribution in [1.82, 2.24) is 14.8 Å². The third-order valence-corrected chi connectivity index (χ3v) is 3.96. The van der Waals surface area contributed by atoms with Gasteiger partial charge in [0.1, 0.15) is 12.7 Å². The van der Waals surface area contributed by atoms with E-state index in [4.69, 9.17) is 11.6 Å². The summed E-state index contributed by atoms with van der Waals surface area (Å²) in [5, 5.41) is 15.8. The van der Waals surface area contributed by atoms with Crippen molar-refractivity contribution >= 4 is 11.6 Å². The SMILES string of the molecule is CCCCC(O)(CCc1ccc(Cl)cc1)Cn1cncn1. The number of benzene rings is 1. The van der Waals surface area contributed by atoms with Gasteiger partial charge in [0.25, 0.3) is 0 Å². The standard InChI is InChI=1S/C16H22ClN3O/c1-2-3-9-16(21,11-20-13-18-12-19-20)10-8-14-4-6-15(17)7-5-14/h4-7,12-13,21H,2-3,8-11H2,1H3. The topological polar surface area (TPSA) is 50.9 Å². The van der Waals surface area contributed by atoms with Crippen LogP contribution in [0, 0.1) is 0 Å². The third kappa shape index (κ3) is 5.14. The highest BCUT2D eigenvalue weighted by Gasteiger charge is 2.27. The Morgan fingerprint density at radius 3 is 2.62 bits per heavy atom. The van der Waals surface area contributed by atoms with Gasteiger partial charge in [0.05, 0.1) is 12.1 Å². The van der Waals surface area contributed by atoms with Crippen LogP contribution in [0.15, 0.2) is 36.9 Å². The van der Waals surface area contributed by atoms with Crippen LogP contribution in [0.2, 0.25) is 5.02 Å². The van der Waals surface area contributed by atoms with Gasteiger partial charge in [0.2, 0.25) is 0 Å². The maximum absolute atomic E-state index is 10.9. The molecule has 0 radical (unpaired) electrons. The van der Waals surface area contributed by atoms with E-state index in [1.807, 2.05) is 24.3 Å². The third-order valence-electron chi connectivity index (χ3n) is 3.71. The molecule has 114 valence electrons. The number of rotatable bonds is 8. The lowest BCUT2D eigenvalue weighted by molar-refractivity contribution is 0.00113. The molecule has 2 aromatic rings. The van der Waals surface area contributed by atoms with Crippen LogP contribution in [-0.4, -0.2) is 25.5 Å². The summed E-state index contributed by atoms with van der Waals surface area (Å²) in [4.78, 5) is 3.94. The molecule has 0 aliphatic carbocycles. The lowest BCUT2D eigenvalue weighted by atomic mass is 9.89.